The molecule has 0 radical (unpaired) electrons. The first-order chi connectivity index (χ1) is 6.58. The van der Waals surface area contributed by atoms with E-state index >= 15 is 0 Å². The van der Waals surface area contributed by atoms with Gasteiger partial charge in [-0.25, -0.2) is 0 Å². The summed E-state index contributed by atoms with van der Waals surface area (Å²) < 4.78 is 0. The van der Waals surface area contributed by atoms with Gasteiger partial charge in [0.1, 0.15) is 0 Å². The zero-order chi connectivity index (χ0) is 10.3. The highest BCUT2D eigenvalue weighted by Gasteiger charge is 2.41. The molecule has 0 heterocycles. The van der Waals surface area contributed by atoms with Crippen molar-refractivity contribution in [2.75, 3.05) is 13.6 Å². The fourth-order valence-corrected chi connectivity index (χ4v) is 2.73. The molecule has 0 aromatic rings. The van der Waals surface area contributed by atoms with Crippen molar-refractivity contribution in [1.82, 2.24) is 4.90 Å². The van der Waals surface area contributed by atoms with Gasteiger partial charge in [-0.2, -0.15) is 0 Å². The van der Waals surface area contributed by atoms with Gasteiger partial charge in [0.2, 0.25) is 5.91 Å². The molecule has 2 aliphatic rings. The van der Waals surface area contributed by atoms with Crippen LogP contribution in [0.3, 0.4) is 0 Å². The second-order valence-corrected chi connectivity index (χ2v) is 5.59. The van der Waals surface area contributed by atoms with Crippen LogP contribution in [0.25, 0.3) is 0 Å². The maximum Gasteiger partial charge on any atom is 0.225 e. The second kappa shape index (κ2) is 3.73. The van der Waals surface area contributed by atoms with Crippen LogP contribution in [0.15, 0.2) is 0 Å². The van der Waals surface area contributed by atoms with E-state index in [2.05, 4.69) is 6.92 Å². The van der Waals surface area contributed by atoms with Gasteiger partial charge in [0.15, 0.2) is 0 Å². The molecule has 14 heavy (non-hydrogen) atoms. The van der Waals surface area contributed by atoms with Crippen molar-refractivity contribution in [2.24, 2.45) is 17.8 Å². The zero-order valence-corrected chi connectivity index (χ0v) is 9.63. The largest absolute Gasteiger partial charge is 0.345 e. The molecule has 2 nitrogen and oxygen atoms in total. The summed E-state index contributed by atoms with van der Waals surface area (Å²) in [4.78, 5) is 13.7. The topological polar surface area (TPSA) is 20.3 Å². The fraction of sp³-hybridized carbons (Fsp3) is 0.909. The Morgan fingerprint density at radius 1 is 1.43 bits per heavy atom. The molecule has 0 aromatic carbocycles. The minimum absolute atomic E-state index is 0.326. The van der Waals surface area contributed by atoms with Crippen molar-refractivity contribution >= 4 is 17.5 Å². The molecule has 3 heteroatoms. The van der Waals surface area contributed by atoms with E-state index in [0.29, 0.717) is 29.0 Å². The van der Waals surface area contributed by atoms with Crippen LogP contribution in [0.4, 0.5) is 0 Å². The van der Waals surface area contributed by atoms with E-state index in [0.717, 1.165) is 25.8 Å². The van der Waals surface area contributed by atoms with Gasteiger partial charge in [0, 0.05) is 24.9 Å². The second-order valence-electron chi connectivity index (χ2n) is 4.97. The van der Waals surface area contributed by atoms with E-state index in [1.807, 2.05) is 11.9 Å². The summed E-state index contributed by atoms with van der Waals surface area (Å²) in [5, 5.41) is 0.364. The minimum Gasteiger partial charge on any atom is -0.345 e. The van der Waals surface area contributed by atoms with Gasteiger partial charge >= 0.3 is 0 Å². The Hall–Kier alpha value is -0.240. The van der Waals surface area contributed by atoms with E-state index in [-0.39, 0.29) is 0 Å². The van der Waals surface area contributed by atoms with Gasteiger partial charge in [-0.15, -0.1) is 11.6 Å². The summed E-state index contributed by atoms with van der Waals surface area (Å²) >= 11 is 5.90. The third kappa shape index (κ3) is 2.05. The molecule has 2 saturated carbocycles. The van der Waals surface area contributed by atoms with Crippen molar-refractivity contribution in [2.45, 2.75) is 31.6 Å². The third-order valence-corrected chi connectivity index (χ3v) is 3.87. The van der Waals surface area contributed by atoms with Crippen LogP contribution >= 0.6 is 11.6 Å². The summed E-state index contributed by atoms with van der Waals surface area (Å²) in [5.41, 5.74) is 0. The van der Waals surface area contributed by atoms with Crippen LogP contribution < -0.4 is 0 Å². The van der Waals surface area contributed by atoms with Crippen molar-refractivity contribution in [3.05, 3.63) is 0 Å². The van der Waals surface area contributed by atoms with Gasteiger partial charge < -0.3 is 4.90 Å². The van der Waals surface area contributed by atoms with Crippen LogP contribution in [-0.4, -0.2) is 29.8 Å². The monoisotopic (exact) mass is 215 g/mol. The molecule has 0 spiro atoms. The van der Waals surface area contributed by atoms with Crippen molar-refractivity contribution in [3.8, 4) is 0 Å². The quantitative estimate of drug-likeness (QED) is 0.661. The number of halogens is 1. The highest BCUT2D eigenvalue weighted by molar-refractivity contribution is 6.21. The van der Waals surface area contributed by atoms with E-state index in [9.17, 15) is 4.79 Å². The fourth-order valence-electron chi connectivity index (χ4n) is 2.23. The van der Waals surface area contributed by atoms with Gasteiger partial charge in [-0.1, -0.05) is 6.92 Å². The number of amides is 1. The van der Waals surface area contributed by atoms with Gasteiger partial charge in [0.05, 0.1) is 0 Å². The van der Waals surface area contributed by atoms with Crippen LogP contribution in [-0.2, 0) is 4.79 Å². The number of alkyl halides is 1. The predicted molar refractivity (Wildman–Crippen MR) is 57.3 cm³/mol. The average Bonchev–Trinajstić information content (AvgIpc) is 2.78. The van der Waals surface area contributed by atoms with E-state index in [1.165, 1.54) is 0 Å². The van der Waals surface area contributed by atoms with Crippen molar-refractivity contribution in [1.29, 1.82) is 0 Å². The molecule has 80 valence electrons. The number of hydrogen-bond acceptors (Lipinski definition) is 1. The number of rotatable bonds is 3. The number of nitrogens with zero attached hydrogens (tertiary/aromatic N) is 1. The summed E-state index contributed by atoms with van der Waals surface area (Å²) in [6.45, 7) is 3.06. The normalized spacial score (nSPS) is 40.2. The number of carbonyl (C=O) groups excluding carboxylic acids is 1. The van der Waals surface area contributed by atoms with Gasteiger partial charge in [-0.05, 0) is 31.1 Å². The molecule has 0 N–H and O–H groups in total. The standard InChI is InChI=1S/C11H18ClNO/c1-7-3-10(7)11(14)13(2)6-8-4-9(12)5-8/h7-10H,3-6H2,1-2H3. The van der Waals surface area contributed by atoms with E-state index < -0.39 is 0 Å². The molecule has 0 bridgehead atoms. The lowest BCUT2D eigenvalue weighted by Gasteiger charge is -2.34. The first kappa shape index (κ1) is 10.3. The molecular formula is C11H18ClNO. The minimum atomic E-state index is 0.326. The molecule has 2 atom stereocenters. The molecule has 2 rings (SSSR count). The Labute approximate surface area is 90.6 Å². The first-order valence-corrected chi connectivity index (χ1v) is 5.90. The Morgan fingerprint density at radius 2 is 2.00 bits per heavy atom. The number of hydrogen-bond donors (Lipinski definition) is 0. The molecule has 2 unspecified atom stereocenters. The van der Waals surface area contributed by atoms with Crippen LogP contribution in [0.2, 0.25) is 0 Å². The Morgan fingerprint density at radius 3 is 2.43 bits per heavy atom. The van der Waals surface area contributed by atoms with Crippen molar-refractivity contribution < 1.29 is 4.79 Å². The average molecular weight is 216 g/mol. The van der Waals surface area contributed by atoms with Crippen molar-refractivity contribution in [3.63, 3.8) is 0 Å². The zero-order valence-electron chi connectivity index (χ0n) is 8.87. The molecular weight excluding hydrogens is 198 g/mol. The molecule has 0 aliphatic heterocycles. The molecule has 2 fully saturated rings. The SMILES string of the molecule is CC1CC1C(=O)N(C)CC1CC(Cl)C1. The highest BCUT2D eigenvalue weighted by atomic mass is 35.5. The number of carbonyl (C=O) groups is 1. The lowest BCUT2D eigenvalue weighted by molar-refractivity contribution is -0.132. The summed E-state index contributed by atoms with van der Waals surface area (Å²) in [7, 11) is 1.93. The van der Waals surface area contributed by atoms with Gasteiger partial charge in [0.25, 0.3) is 0 Å². The lowest BCUT2D eigenvalue weighted by atomic mass is 9.84. The van der Waals surface area contributed by atoms with Crippen LogP contribution in [0.5, 0.6) is 0 Å². The van der Waals surface area contributed by atoms with E-state index in [4.69, 9.17) is 11.6 Å². The highest BCUT2D eigenvalue weighted by Crippen LogP contribution is 2.39. The smallest absolute Gasteiger partial charge is 0.225 e. The van der Waals surface area contributed by atoms with E-state index in [1.54, 1.807) is 0 Å². The van der Waals surface area contributed by atoms with Crippen LogP contribution in [0.1, 0.15) is 26.2 Å². The maximum absolute atomic E-state index is 11.8. The summed E-state index contributed by atoms with van der Waals surface area (Å²) in [6.07, 6.45) is 3.25. The lowest BCUT2D eigenvalue weighted by Crippen LogP contribution is -2.38. The first-order valence-electron chi connectivity index (χ1n) is 5.47. The molecule has 2 aliphatic carbocycles. The molecule has 0 aromatic heterocycles. The van der Waals surface area contributed by atoms with Gasteiger partial charge in [-0.3, -0.25) is 4.79 Å². The van der Waals surface area contributed by atoms with Crippen LogP contribution in [0, 0.1) is 17.8 Å². The third-order valence-electron chi connectivity index (χ3n) is 3.51. The summed E-state index contributed by atoms with van der Waals surface area (Å²) in [5.74, 6) is 1.94. The maximum atomic E-state index is 11.8. The molecule has 0 saturated heterocycles. The Bertz CT molecular complexity index is 237. The summed E-state index contributed by atoms with van der Waals surface area (Å²) in [6, 6.07) is 0. The molecule has 1 amide bonds. The predicted octanol–water partition coefficient (Wildman–Crippen LogP) is 2.12. The Kier molecular flexibility index (Phi) is 2.74. The Balaban J connectivity index is 1.72.